The molecule has 0 radical (unpaired) electrons. The molecule has 0 saturated carbocycles. The second-order valence-corrected chi connectivity index (χ2v) is 3.61. The third-order valence-electron chi connectivity index (χ3n) is 2.29. The lowest BCUT2D eigenvalue weighted by molar-refractivity contribution is -0.141. The third kappa shape index (κ3) is 4.86. The lowest BCUT2D eigenvalue weighted by Gasteiger charge is -2.07. The van der Waals surface area contributed by atoms with Crippen LogP contribution in [0.2, 0.25) is 0 Å². The molecule has 0 saturated heterocycles. The number of nitrogens with zero attached hydrogens (tertiary/aromatic N) is 2. The summed E-state index contributed by atoms with van der Waals surface area (Å²) in [7, 11) is 1.84. The zero-order valence-electron chi connectivity index (χ0n) is 10.6. The molecule has 2 amide bonds. The van der Waals surface area contributed by atoms with Gasteiger partial charge in [-0.1, -0.05) is 0 Å². The first-order valence-corrected chi connectivity index (χ1v) is 5.77. The molecule has 2 N–H and O–H groups in total. The number of ether oxygens (including phenoxy) is 1. The molecule has 1 heterocycles. The van der Waals surface area contributed by atoms with Crippen molar-refractivity contribution in [2.75, 3.05) is 19.7 Å². The molecule has 0 aliphatic heterocycles. The predicted molar refractivity (Wildman–Crippen MR) is 64.9 cm³/mol. The van der Waals surface area contributed by atoms with Crippen molar-refractivity contribution < 1.29 is 14.3 Å². The summed E-state index contributed by atoms with van der Waals surface area (Å²) in [5.74, 6) is -0.445. The highest BCUT2D eigenvalue weighted by Gasteiger charge is 2.05. The summed E-state index contributed by atoms with van der Waals surface area (Å²) in [4.78, 5) is 22.3. The average molecular weight is 254 g/mol. The van der Waals surface area contributed by atoms with Gasteiger partial charge in [0.1, 0.15) is 6.54 Å². The summed E-state index contributed by atoms with van der Waals surface area (Å²) >= 11 is 0. The molecule has 7 nitrogen and oxygen atoms in total. The average Bonchev–Trinajstić information content (AvgIpc) is 2.73. The van der Waals surface area contributed by atoms with Gasteiger partial charge in [0, 0.05) is 31.9 Å². The van der Waals surface area contributed by atoms with Crippen molar-refractivity contribution in [1.82, 2.24) is 20.4 Å². The number of aryl methyl sites for hydroxylation is 1. The Labute approximate surface area is 105 Å². The Morgan fingerprint density at radius 1 is 1.44 bits per heavy atom. The molecule has 0 unspecified atom stereocenters. The summed E-state index contributed by atoms with van der Waals surface area (Å²) in [5, 5.41) is 9.08. The lowest BCUT2D eigenvalue weighted by atomic mass is 10.3. The molecule has 0 atom stereocenters. The van der Waals surface area contributed by atoms with Crippen LogP contribution in [0.25, 0.3) is 0 Å². The fourth-order valence-electron chi connectivity index (χ4n) is 1.38. The normalized spacial score (nSPS) is 9.89. The minimum atomic E-state index is -0.445. The Balaban J connectivity index is 2.14. The van der Waals surface area contributed by atoms with E-state index in [0.717, 1.165) is 5.69 Å². The molecule has 18 heavy (non-hydrogen) atoms. The minimum Gasteiger partial charge on any atom is -0.465 e. The molecule has 1 aromatic heterocycles. The molecule has 0 fully saturated rings. The number of esters is 1. The van der Waals surface area contributed by atoms with Gasteiger partial charge in [0.2, 0.25) is 0 Å². The quantitative estimate of drug-likeness (QED) is 0.690. The van der Waals surface area contributed by atoms with Gasteiger partial charge in [0.15, 0.2) is 0 Å². The van der Waals surface area contributed by atoms with E-state index in [0.29, 0.717) is 19.6 Å². The second kappa shape index (κ2) is 7.31. The van der Waals surface area contributed by atoms with E-state index >= 15 is 0 Å². The molecular formula is C11H18N4O3. The van der Waals surface area contributed by atoms with Crippen LogP contribution in [-0.4, -0.2) is 41.5 Å². The standard InChI is InChI=1S/C11H18N4O3/c1-3-18-10(16)8-13-11(17)12-6-4-9-5-7-14-15(9)2/h5,7H,3-4,6,8H2,1-2H3,(H2,12,13,17). The highest BCUT2D eigenvalue weighted by atomic mass is 16.5. The van der Waals surface area contributed by atoms with E-state index in [4.69, 9.17) is 0 Å². The van der Waals surface area contributed by atoms with Gasteiger partial charge in [-0.2, -0.15) is 5.10 Å². The van der Waals surface area contributed by atoms with Crippen LogP contribution in [0.15, 0.2) is 12.3 Å². The monoisotopic (exact) mass is 254 g/mol. The Bertz CT molecular complexity index is 403. The number of amides is 2. The van der Waals surface area contributed by atoms with Crippen molar-refractivity contribution in [1.29, 1.82) is 0 Å². The van der Waals surface area contributed by atoms with Crippen molar-refractivity contribution in [3.05, 3.63) is 18.0 Å². The molecule has 1 rings (SSSR count). The number of aromatic nitrogens is 2. The second-order valence-electron chi connectivity index (χ2n) is 3.61. The van der Waals surface area contributed by atoms with Gasteiger partial charge in [-0.05, 0) is 13.0 Å². The van der Waals surface area contributed by atoms with Gasteiger partial charge in [-0.15, -0.1) is 0 Å². The van der Waals surface area contributed by atoms with E-state index in [1.54, 1.807) is 17.8 Å². The topological polar surface area (TPSA) is 85.2 Å². The number of hydrogen-bond acceptors (Lipinski definition) is 4. The van der Waals surface area contributed by atoms with Gasteiger partial charge < -0.3 is 15.4 Å². The molecular weight excluding hydrogens is 236 g/mol. The maximum atomic E-state index is 11.3. The first-order valence-electron chi connectivity index (χ1n) is 5.77. The summed E-state index contributed by atoms with van der Waals surface area (Å²) in [6, 6.07) is 1.50. The molecule has 0 spiro atoms. The number of carbonyl (C=O) groups excluding carboxylic acids is 2. The Morgan fingerprint density at radius 2 is 2.22 bits per heavy atom. The maximum Gasteiger partial charge on any atom is 0.325 e. The van der Waals surface area contributed by atoms with E-state index in [9.17, 15) is 9.59 Å². The third-order valence-corrected chi connectivity index (χ3v) is 2.29. The van der Waals surface area contributed by atoms with Crippen LogP contribution >= 0.6 is 0 Å². The van der Waals surface area contributed by atoms with Gasteiger partial charge in [0.25, 0.3) is 0 Å². The van der Waals surface area contributed by atoms with Crippen LogP contribution in [-0.2, 0) is 23.0 Å². The maximum absolute atomic E-state index is 11.3. The molecule has 1 aromatic rings. The summed E-state index contributed by atoms with van der Waals surface area (Å²) in [6.45, 7) is 2.38. The van der Waals surface area contributed by atoms with Crippen molar-refractivity contribution in [3.63, 3.8) is 0 Å². The lowest BCUT2D eigenvalue weighted by Crippen LogP contribution is -2.39. The van der Waals surface area contributed by atoms with Crippen LogP contribution < -0.4 is 10.6 Å². The van der Waals surface area contributed by atoms with Crippen molar-refractivity contribution in [3.8, 4) is 0 Å². The Kier molecular flexibility index (Phi) is 5.69. The molecule has 7 heteroatoms. The van der Waals surface area contributed by atoms with E-state index in [1.807, 2.05) is 13.1 Å². The summed E-state index contributed by atoms with van der Waals surface area (Å²) < 4.78 is 6.43. The van der Waals surface area contributed by atoms with Gasteiger partial charge >= 0.3 is 12.0 Å². The van der Waals surface area contributed by atoms with Crippen LogP contribution in [0.1, 0.15) is 12.6 Å². The number of nitrogens with one attached hydrogen (secondary N) is 2. The largest absolute Gasteiger partial charge is 0.465 e. The number of hydrogen-bond donors (Lipinski definition) is 2. The van der Waals surface area contributed by atoms with Gasteiger partial charge in [0.05, 0.1) is 6.61 Å². The zero-order valence-corrected chi connectivity index (χ0v) is 10.6. The van der Waals surface area contributed by atoms with Crippen LogP contribution in [0.4, 0.5) is 4.79 Å². The fraction of sp³-hybridized carbons (Fsp3) is 0.545. The van der Waals surface area contributed by atoms with Gasteiger partial charge in [-0.3, -0.25) is 9.48 Å². The van der Waals surface area contributed by atoms with Crippen LogP contribution in [0.3, 0.4) is 0 Å². The Hall–Kier alpha value is -2.05. The molecule has 100 valence electrons. The Morgan fingerprint density at radius 3 is 2.83 bits per heavy atom. The first kappa shape index (κ1) is 14.0. The van der Waals surface area contributed by atoms with Gasteiger partial charge in [-0.25, -0.2) is 4.79 Å². The first-order chi connectivity index (χ1) is 8.63. The molecule has 0 bridgehead atoms. The van der Waals surface area contributed by atoms with Crippen molar-refractivity contribution in [2.24, 2.45) is 7.05 Å². The van der Waals surface area contributed by atoms with E-state index in [2.05, 4.69) is 20.5 Å². The number of carbonyl (C=O) groups is 2. The highest BCUT2D eigenvalue weighted by molar-refractivity contribution is 5.80. The SMILES string of the molecule is CCOC(=O)CNC(=O)NCCc1ccnn1C. The smallest absolute Gasteiger partial charge is 0.325 e. The van der Waals surface area contributed by atoms with E-state index in [1.165, 1.54) is 0 Å². The minimum absolute atomic E-state index is 0.120. The molecule has 0 aliphatic carbocycles. The summed E-state index contributed by atoms with van der Waals surface area (Å²) in [6.07, 6.45) is 2.39. The van der Waals surface area contributed by atoms with E-state index < -0.39 is 5.97 Å². The highest BCUT2D eigenvalue weighted by Crippen LogP contribution is 1.95. The van der Waals surface area contributed by atoms with Crippen molar-refractivity contribution >= 4 is 12.0 Å². The molecule has 0 aromatic carbocycles. The van der Waals surface area contributed by atoms with Crippen LogP contribution in [0.5, 0.6) is 0 Å². The predicted octanol–water partition coefficient (Wildman–Crippen LogP) is -0.175. The summed E-state index contributed by atoms with van der Waals surface area (Å²) in [5.41, 5.74) is 1.03. The fourth-order valence-corrected chi connectivity index (χ4v) is 1.38. The molecule has 0 aliphatic rings. The number of urea groups is 1. The van der Waals surface area contributed by atoms with Crippen molar-refractivity contribution in [2.45, 2.75) is 13.3 Å². The number of rotatable bonds is 6. The van der Waals surface area contributed by atoms with E-state index in [-0.39, 0.29) is 12.6 Å². The van der Waals surface area contributed by atoms with Crippen LogP contribution in [0, 0.1) is 0 Å². The zero-order chi connectivity index (χ0) is 13.4.